The Hall–Kier alpha value is -1.22. The van der Waals surface area contributed by atoms with E-state index in [1.165, 1.54) is 0 Å². The van der Waals surface area contributed by atoms with Crippen LogP contribution in [-0.4, -0.2) is 12.8 Å². The number of para-hydroxylation sites is 1. The van der Waals surface area contributed by atoms with Gasteiger partial charge < -0.3 is 14.8 Å². The molecule has 0 saturated carbocycles. The molecule has 3 nitrogen and oxygen atoms in total. The second-order valence-corrected chi connectivity index (χ2v) is 5.62. The topological polar surface area (TPSA) is 30.5 Å². The van der Waals surface area contributed by atoms with Gasteiger partial charge >= 0.3 is 0 Å². The van der Waals surface area contributed by atoms with Crippen LogP contribution in [0.3, 0.4) is 0 Å². The van der Waals surface area contributed by atoms with Crippen LogP contribution < -0.4 is 14.8 Å². The molecule has 0 saturated heterocycles. The van der Waals surface area contributed by atoms with Crippen LogP contribution in [0.15, 0.2) is 18.2 Å². The Morgan fingerprint density at radius 3 is 2.76 bits per heavy atom. The van der Waals surface area contributed by atoms with E-state index in [1.807, 2.05) is 12.1 Å². The lowest BCUT2D eigenvalue weighted by Crippen LogP contribution is -2.37. The molecular formula is C14H21NO2. The lowest BCUT2D eigenvalue weighted by molar-refractivity contribution is 0.173. The highest BCUT2D eigenvalue weighted by Crippen LogP contribution is 2.35. The Morgan fingerprint density at radius 2 is 2.06 bits per heavy atom. The molecule has 0 spiro atoms. The zero-order valence-corrected chi connectivity index (χ0v) is 11.0. The molecule has 0 aromatic heterocycles. The third kappa shape index (κ3) is 2.72. The number of fused-ring (bicyclic) bond motifs is 1. The number of nitrogens with one attached hydrogen (secondary N) is 1. The van der Waals surface area contributed by atoms with E-state index >= 15 is 0 Å². The summed E-state index contributed by atoms with van der Waals surface area (Å²) in [6, 6.07) is 6.47. The molecule has 3 heteroatoms. The summed E-state index contributed by atoms with van der Waals surface area (Å²) in [5.74, 6) is 1.74. The second kappa shape index (κ2) is 4.57. The highest BCUT2D eigenvalue weighted by atomic mass is 16.7. The molecule has 0 fully saturated rings. The van der Waals surface area contributed by atoms with Crippen molar-refractivity contribution in [2.24, 2.45) is 5.41 Å². The maximum Gasteiger partial charge on any atom is 0.231 e. The number of hydrogen-bond donors (Lipinski definition) is 1. The van der Waals surface area contributed by atoms with Crippen LogP contribution in [0.25, 0.3) is 0 Å². The van der Waals surface area contributed by atoms with Crippen molar-refractivity contribution in [2.45, 2.75) is 40.3 Å². The van der Waals surface area contributed by atoms with Gasteiger partial charge in [0.1, 0.15) is 0 Å². The maximum atomic E-state index is 5.49. The molecule has 0 aliphatic carbocycles. The van der Waals surface area contributed by atoms with Crippen molar-refractivity contribution in [3.8, 4) is 11.5 Å². The van der Waals surface area contributed by atoms with Gasteiger partial charge in [0.2, 0.25) is 6.79 Å². The molecule has 2 rings (SSSR count). The number of hydrogen-bond acceptors (Lipinski definition) is 3. The molecule has 0 amide bonds. The fraction of sp³-hybridized carbons (Fsp3) is 0.571. The minimum Gasteiger partial charge on any atom is -0.454 e. The predicted molar refractivity (Wildman–Crippen MR) is 68.3 cm³/mol. The maximum absolute atomic E-state index is 5.49. The predicted octanol–water partition coefficient (Wildman–Crippen LogP) is 2.94. The Morgan fingerprint density at radius 1 is 1.29 bits per heavy atom. The van der Waals surface area contributed by atoms with Gasteiger partial charge in [-0.15, -0.1) is 0 Å². The first-order chi connectivity index (χ1) is 7.98. The molecule has 1 aromatic rings. The Kier molecular flexibility index (Phi) is 3.29. The Labute approximate surface area is 103 Å². The van der Waals surface area contributed by atoms with Crippen molar-refractivity contribution >= 4 is 0 Å². The summed E-state index contributed by atoms with van der Waals surface area (Å²) in [6.07, 6.45) is 0. The van der Waals surface area contributed by atoms with E-state index in [2.05, 4.69) is 39.1 Å². The third-order valence-corrected chi connectivity index (χ3v) is 3.38. The Bertz CT molecular complexity index is 396. The van der Waals surface area contributed by atoms with E-state index in [4.69, 9.17) is 9.47 Å². The van der Waals surface area contributed by atoms with Gasteiger partial charge in [-0.05, 0) is 18.4 Å². The molecule has 0 radical (unpaired) electrons. The van der Waals surface area contributed by atoms with Gasteiger partial charge in [0.25, 0.3) is 0 Å². The molecule has 1 aromatic carbocycles. The minimum atomic E-state index is 0.259. The van der Waals surface area contributed by atoms with Gasteiger partial charge in [-0.3, -0.25) is 0 Å². The number of benzene rings is 1. The summed E-state index contributed by atoms with van der Waals surface area (Å²) in [5.41, 5.74) is 1.42. The van der Waals surface area contributed by atoms with Crippen LogP contribution in [0.2, 0.25) is 0 Å². The Balaban J connectivity index is 2.03. The molecule has 1 atom stereocenters. The molecule has 94 valence electrons. The lowest BCUT2D eigenvalue weighted by atomic mass is 9.88. The molecule has 1 unspecified atom stereocenters. The van der Waals surface area contributed by atoms with Gasteiger partial charge in [0.15, 0.2) is 11.5 Å². The third-order valence-electron chi connectivity index (χ3n) is 3.38. The van der Waals surface area contributed by atoms with Crippen molar-refractivity contribution in [3.05, 3.63) is 23.8 Å². The van der Waals surface area contributed by atoms with E-state index < -0.39 is 0 Å². The van der Waals surface area contributed by atoms with Gasteiger partial charge in [0.05, 0.1) is 0 Å². The van der Waals surface area contributed by atoms with Crippen LogP contribution in [0.1, 0.15) is 33.3 Å². The normalized spacial score (nSPS) is 16.0. The van der Waals surface area contributed by atoms with Crippen LogP contribution in [0, 0.1) is 5.41 Å². The van der Waals surface area contributed by atoms with E-state index in [0.29, 0.717) is 12.8 Å². The molecule has 1 aliphatic rings. The first-order valence-electron chi connectivity index (χ1n) is 6.09. The summed E-state index contributed by atoms with van der Waals surface area (Å²) < 4.78 is 10.8. The van der Waals surface area contributed by atoms with Gasteiger partial charge in [-0.1, -0.05) is 32.9 Å². The molecule has 1 N–H and O–H groups in total. The van der Waals surface area contributed by atoms with Crippen LogP contribution >= 0.6 is 0 Å². The molecule has 1 aliphatic heterocycles. The van der Waals surface area contributed by atoms with Gasteiger partial charge in [0, 0.05) is 18.2 Å². The van der Waals surface area contributed by atoms with Crippen molar-refractivity contribution in [3.63, 3.8) is 0 Å². The quantitative estimate of drug-likeness (QED) is 0.873. The summed E-state index contributed by atoms with van der Waals surface area (Å²) in [5, 5.41) is 3.53. The second-order valence-electron chi connectivity index (χ2n) is 5.62. The van der Waals surface area contributed by atoms with Crippen LogP contribution in [-0.2, 0) is 6.54 Å². The zero-order valence-electron chi connectivity index (χ0n) is 11.0. The van der Waals surface area contributed by atoms with Crippen LogP contribution in [0.4, 0.5) is 0 Å². The molecule has 1 heterocycles. The highest BCUT2D eigenvalue weighted by molar-refractivity contribution is 5.48. The van der Waals surface area contributed by atoms with E-state index in [9.17, 15) is 0 Å². The largest absolute Gasteiger partial charge is 0.454 e. The summed E-state index contributed by atoms with van der Waals surface area (Å²) in [7, 11) is 0. The smallest absolute Gasteiger partial charge is 0.231 e. The lowest BCUT2D eigenvalue weighted by Gasteiger charge is -2.28. The fourth-order valence-corrected chi connectivity index (χ4v) is 1.70. The monoisotopic (exact) mass is 235 g/mol. The number of ether oxygens (including phenoxy) is 2. The molecule has 0 bridgehead atoms. The van der Waals surface area contributed by atoms with Gasteiger partial charge in [-0.25, -0.2) is 0 Å². The van der Waals surface area contributed by atoms with Crippen molar-refractivity contribution in [1.29, 1.82) is 0 Å². The van der Waals surface area contributed by atoms with E-state index in [1.54, 1.807) is 0 Å². The first kappa shape index (κ1) is 12.2. The summed E-state index contributed by atoms with van der Waals surface area (Å²) >= 11 is 0. The van der Waals surface area contributed by atoms with Gasteiger partial charge in [-0.2, -0.15) is 0 Å². The standard InChI is InChI=1S/C14H21NO2/c1-10(14(2,3)4)15-8-11-6-5-7-12-13(11)17-9-16-12/h5-7,10,15H,8-9H2,1-4H3. The molecule has 17 heavy (non-hydrogen) atoms. The fourth-order valence-electron chi connectivity index (χ4n) is 1.70. The van der Waals surface area contributed by atoms with E-state index in [-0.39, 0.29) is 5.41 Å². The molecular weight excluding hydrogens is 214 g/mol. The average molecular weight is 235 g/mol. The van der Waals surface area contributed by atoms with Crippen molar-refractivity contribution in [1.82, 2.24) is 5.32 Å². The first-order valence-corrected chi connectivity index (χ1v) is 6.09. The van der Waals surface area contributed by atoms with Crippen LogP contribution in [0.5, 0.6) is 11.5 Å². The van der Waals surface area contributed by atoms with Crippen molar-refractivity contribution < 1.29 is 9.47 Å². The van der Waals surface area contributed by atoms with Crippen molar-refractivity contribution in [2.75, 3.05) is 6.79 Å². The highest BCUT2D eigenvalue weighted by Gasteiger charge is 2.21. The SMILES string of the molecule is CC(NCc1cccc2c1OCO2)C(C)(C)C. The van der Waals surface area contributed by atoms with E-state index in [0.717, 1.165) is 23.6 Å². The summed E-state index contributed by atoms with van der Waals surface area (Å²) in [6.45, 7) is 10.1. The summed E-state index contributed by atoms with van der Waals surface area (Å²) in [4.78, 5) is 0. The minimum absolute atomic E-state index is 0.259. The average Bonchev–Trinajstić information content (AvgIpc) is 2.72. The number of rotatable bonds is 3. The zero-order chi connectivity index (χ0) is 12.5.